The molecule has 0 aromatic heterocycles. The molecule has 6 heteroatoms. The number of carbonyl (C=O) groups is 1. The minimum atomic E-state index is -0.753. The van der Waals surface area contributed by atoms with Gasteiger partial charge >= 0.3 is 5.69 Å². The molecule has 94 valence electrons. The largest absolute Gasteiger partial charge is 0.502 e. The smallest absolute Gasteiger partial charge is 0.311 e. The number of hydrogen-bond acceptors (Lipinski definition) is 4. The van der Waals surface area contributed by atoms with E-state index in [0.29, 0.717) is 6.42 Å². The van der Waals surface area contributed by atoms with Gasteiger partial charge in [-0.15, -0.1) is 12.3 Å². The van der Waals surface area contributed by atoms with E-state index < -0.39 is 22.3 Å². The van der Waals surface area contributed by atoms with Crippen molar-refractivity contribution in [3.05, 3.63) is 33.9 Å². The van der Waals surface area contributed by atoms with E-state index in [1.807, 2.05) is 0 Å². The summed E-state index contributed by atoms with van der Waals surface area (Å²) < 4.78 is 0. The lowest BCUT2D eigenvalue weighted by Crippen LogP contribution is -2.32. The second kappa shape index (κ2) is 5.68. The molecule has 1 atom stereocenters. The number of nitro groups is 1. The quantitative estimate of drug-likeness (QED) is 0.479. The zero-order valence-corrected chi connectivity index (χ0v) is 9.71. The summed E-state index contributed by atoms with van der Waals surface area (Å²) in [5.74, 6) is 1.14. The molecule has 6 nitrogen and oxygen atoms in total. The number of aromatic hydroxyl groups is 1. The molecule has 0 radical (unpaired) electrons. The van der Waals surface area contributed by atoms with Crippen LogP contribution in [0.25, 0.3) is 0 Å². The second-order valence-corrected chi connectivity index (χ2v) is 3.71. The maximum Gasteiger partial charge on any atom is 0.311 e. The number of phenolic OH excluding ortho intramolecular Hbond substituents is 1. The lowest BCUT2D eigenvalue weighted by atomic mass is 10.1. The van der Waals surface area contributed by atoms with Crippen LogP contribution in [0.15, 0.2) is 18.2 Å². The molecule has 0 spiro atoms. The van der Waals surface area contributed by atoms with Gasteiger partial charge in [-0.2, -0.15) is 0 Å². The summed E-state index contributed by atoms with van der Waals surface area (Å²) in [6, 6.07) is 3.48. The van der Waals surface area contributed by atoms with Crippen molar-refractivity contribution in [3.63, 3.8) is 0 Å². The Morgan fingerprint density at radius 3 is 2.89 bits per heavy atom. The molecular weight excluding hydrogens is 236 g/mol. The molecule has 1 amide bonds. The summed E-state index contributed by atoms with van der Waals surface area (Å²) in [7, 11) is 0. The lowest BCUT2D eigenvalue weighted by Gasteiger charge is -2.11. The van der Waals surface area contributed by atoms with Crippen molar-refractivity contribution in [2.24, 2.45) is 0 Å². The molecule has 18 heavy (non-hydrogen) atoms. The fourth-order valence-electron chi connectivity index (χ4n) is 1.39. The molecule has 0 aliphatic carbocycles. The van der Waals surface area contributed by atoms with Crippen LogP contribution in [0.5, 0.6) is 5.75 Å². The first-order valence-corrected chi connectivity index (χ1v) is 5.18. The Morgan fingerprint density at radius 1 is 1.67 bits per heavy atom. The van der Waals surface area contributed by atoms with E-state index in [2.05, 4.69) is 11.2 Å². The van der Waals surface area contributed by atoms with Gasteiger partial charge in [-0.05, 0) is 13.0 Å². The van der Waals surface area contributed by atoms with Gasteiger partial charge in [-0.1, -0.05) is 6.07 Å². The van der Waals surface area contributed by atoms with Gasteiger partial charge in [-0.3, -0.25) is 14.9 Å². The molecular formula is C12H12N2O4. The van der Waals surface area contributed by atoms with Crippen LogP contribution in [0.2, 0.25) is 0 Å². The number of carbonyl (C=O) groups excluding carboxylic acids is 1. The molecule has 0 aliphatic heterocycles. The standard InChI is InChI=1S/C12H12N2O4/c1-3-5-8(2)13-12(16)9-6-4-7-10(11(9)15)14(17)18/h1,4,6-8,15H,5H2,2H3,(H,13,16). The van der Waals surface area contributed by atoms with Crippen molar-refractivity contribution in [3.8, 4) is 18.1 Å². The number of para-hydroxylation sites is 1. The number of hydrogen-bond donors (Lipinski definition) is 2. The number of terminal acetylenes is 1. The van der Waals surface area contributed by atoms with Crippen LogP contribution in [0.3, 0.4) is 0 Å². The molecule has 0 fully saturated rings. The summed E-state index contributed by atoms with van der Waals surface area (Å²) in [6.45, 7) is 1.70. The highest BCUT2D eigenvalue weighted by Gasteiger charge is 2.21. The molecule has 0 saturated carbocycles. The number of rotatable bonds is 4. The minimum Gasteiger partial charge on any atom is -0.502 e. The van der Waals surface area contributed by atoms with Crippen LogP contribution in [-0.4, -0.2) is 22.0 Å². The number of benzene rings is 1. The van der Waals surface area contributed by atoms with Gasteiger partial charge in [0.2, 0.25) is 5.75 Å². The number of nitrogens with one attached hydrogen (secondary N) is 1. The highest BCUT2D eigenvalue weighted by Crippen LogP contribution is 2.29. The molecule has 2 N–H and O–H groups in total. The van der Waals surface area contributed by atoms with Crippen molar-refractivity contribution in [1.82, 2.24) is 5.32 Å². The molecule has 1 aromatic carbocycles. The van der Waals surface area contributed by atoms with E-state index in [1.54, 1.807) is 6.92 Å². The first-order valence-electron chi connectivity index (χ1n) is 5.18. The molecule has 0 bridgehead atoms. The zero-order valence-electron chi connectivity index (χ0n) is 9.71. The topological polar surface area (TPSA) is 92.5 Å². The molecule has 0 aliphatic rings. The summed E-state index contributed by atoms with van der Waals surface area (Å²) >= 11 is 0. The van der Waals surface area contributed by atoms with Gasteiger partial charge in [-0.25, -0.2) is 0 Å². The van der Waals surface area contributed by atoms with Gasteiger partial charge in [0.05, 0.1) is 10.5 Å². The van der Waals surface area contributed by atoms with Crippen molar-refractivity contribution >= 4 is 11.6 Å². The van der Waals surface area contributed by atoms with E-state index in [9.17, 15) is 20.0 Å². The van der Waals surface area contributed by atoms with Crippen LogP contribution >= 0.6 is 0 Å². The normalized spacial score (nSPS) is 11.3. The summed E-state index contributed by atoms with van der Waals surface area (Å²) in [4.78, 5) is 21.6. The average Bonchev–Trinajstić information content (AvgIpc) is 2.28. The second-order valence-electron chi connectivity index (χ2n) is 3.71. The monoisotopic (exact) mass is 248 g/mol. The Hall–Kier alpha value is -2.55. The zero-order chi connectivity index (χ0) is 13.7. The number of nitro benzene ring substituents is 1. The van der Waals surface area contributed by atoms with Crippen LogP contribution in [-0.2, 0) is 0 Å². The van der Waals surface area contributed by atoms with Crippen molar-refractivity contribution in [2.75, 3.05) is 0 Å². The highest BCUT2D eigenvalue weighted by atomic mass is 16.6. The highest BCUT2D eigenvalue weighted by molar-refractivity contribution is 5.98. The Bertz CT molecular complexity index is 519. The number of phenols is 1. The lowest BCUT2D eigenvalue weighted by molar-refractivity contribution is -0.385. The van der Waals surface area contributed by atoms with E-state index >= 15 is 0 Å². The van der Waals surface area contributed by atoms with E-state index in [-0.39, 0.29) is 11.6 Å². The maximum absolute atomic E-state index is 11.8. The predicted octanol–water partition coefficient (Wildman–Crippen LogP) is 1.44. The Kier molecular flexibility index (Phi) is 4.27. The third-order valence-corrected chi connectivity index (χ3v) is 2.26. The maximum atomic E-state index is 11.8. The minimum absolute atomic E-state index is 0.145. The van der Waals surface area contributed by atoms with Crippen LogP contribution in [0.4, 0.5) is 5.69 Å². The third-order valence-electron chi connectivity index (χ3n) is 2.26. The Morgan fingerprint density at radius 2 is 2.33 bits per heavy atom. The Balaban J connectivity index is 2.97. The first kappa shape index (κ1) is 13.5. The van der Waals surface area contributed by atoms with Crippen molar-refractivity contribution < 1.29 is 14.8 Å². The van der Waals surface area contributed by atoms with Gasteiger partial charge in [0.1, 0.15) is 0 Å². The predicted molar refractivity (Wildman–Crippen MR) is 65.1 cm³/mol. The summed E-state index contributed by atoms with van der Waals surface area (Å²) in [5, 5.41) is 22.8. The molecule has 0 saturated heterocycles. The number of amides is 1. The van der Waals surface area contributed by atoms with Gasteiger partial charge in [0, 0.05) is 18.5 Å². The van der Waals surface area contributed by atoms with E-state index in [1.165, 1.54) is 12.1 Å². The Labute approximate surface area is 104 Å². The first-order chi connectivity index (χ1) is 8.47. The molecule has 0 heterocycles. The van der Waals surface area contributed by atoms with Gasteiger partial charge in [0.15, 0.2) is 0 Å². The van der Waals surface area contributed by atoms with E-state index in [4.69, 9.17) is 6.42 Å². The van der Waals surface area contributed by atoms with E-state index in [0.717, 1.165) is 6.07 Å². The average molecular weight is 248 g/mol. The fourth-order valence-corrected chi connectivity index (χ4v) is 1.39. The summed E-state index contributed by atoms with van der Waals surface area (Å²) in [5.41, 5.74) is -0.652. The molecule has 1 unspecified atom stereocenters. The molecule has 1 rings (SSSR count). The van der Waals surface area contributed by atoms with Crippen molar-refractivity contribution in [1.29, 1.82) is 0 Å². The van der Waals surface area contributed by atoms with Gasteiger partial charge in [0.25, 0.3) is 5.91 Å². The van der Waals surface area contributed by atoms with Gasteiger partial charge < -0.3 is 10.4 Å². The molecule has 1 aromatic rings. The third kappa shape index (κ3) is 2.98. The van der Waals surface area contributed by atoms with Crippen LogP contribution < -0.4 is 5.32 Å². The SMILES string of the molecule is C#CCC(C)NC(=O)c1cccc([N+](=O)[O-])c1O. The van der Waals surface area contributed by atoms with Crippen LogP contribution in [0, 0.1) is 22.5 Å². The van der Waals surface area contributed by atoms with Crippen LogP contribution in [0.1, 0.15) is 23.7 Å². The van der Waals surface area contributed by atoms with Crippen molar-refractivity contribution in [2.45, 2.75) is 19.4 Å². The number of nitrogens with zero attached hydrogens (tertiary/aromatic N) is 1. The fraction of sp³-hybridized carbons (Fsp3) is 0.250. The summed E-state index contributed by atoms with van der Waals surface area (Å²) in [6.07, 6.45) is 5.43.